The normalized spacial score (nSPS) is 11.9. The molecule has 2 heterocycles. The molecule has 0 aliphatic carbocycles. The maximum Gasteiger partial charge on any atom is 0.167 e. The van der Waals surface area contributed by atoms with Gasteiger partial charge >= 0.3 is 0 Å². The number of aryl methyl sites for hydroxylation is 1. The molecule has 21 heavy (non-hydrogen) atoms. The van der Waals surface area contributed by atoms with Crippen molar-refractivity contribution >= 4 is 17.2 Å². The fraction of sp³-hybridized carbons (Fsp3) is 0.438. The second-order valence-corrected chi connectivity index (χ2v) is 5.77. The van der Waals surface area contributed by atoms with Crippen molar-refractivity contribution in [3.63, 3.8) is 0 Å². The highest BCUT2D eigenvalue weighted by molar-refractivity contribution is 7.10. The maximum atomic E-state index is 9.51. The first kappa shape index (κ1) is 15.5. The van der Waals surface area contributed by atoms with Gasteiger partial charge in [-0.05, 0) is 36.3 Å². The summed E-state index contributed by atoms with van der Waals surface area (Å²) >= 11 is 1.71. The highest BCUT2D eigenvalue weighted by Gasteiger charge is 2.18. The van der Waals surface area contributed by atoms with Crippen molar-refractivity contribution in [2.45, 2.75) is 46.1 Å². The van der Waals surface area contributed by atoms with Gasteiger partial charge in [-0.1, -0.05) is 26.8 Å². The van der Waals surface area contributed by atoms with Crippen LogP contribution >= 0.6 is 11.3 Å². The fourth-order valence-electron chi connectivity index (χ4n) is 2.42. The van der Waals surface area contributed by atoms with Gasteiger partial charge < -0.3 is 5.32 Å². The monoisotopic (exact) mass is 300 g/mol. The summed E-state index contributed by atoms with van der Waals surface area (Å²) < 4.78 is 0. The number of nitriles is 1. The molecule has 110 valence electrons. The van der Waals surface area contributed by atoms with Crippen LogP contribution in [0.15, 0.2) is 17.5 Å². The van der Waals surface area contributed by atoms with Crippen molar-refractivity contribution in [1.29, 1.82) is 5.26 Å². The molecule has 2 aromatic heterocycles. The van der Waals surface area contributed by atoms with E-state index in [0.717, 1.165) is 30.5 Å². The lowest BCUT2D eigenvalue weighted by molar-refractivity contribution is 0.748. The molecule has 0 saturated carbocycles. The number of hydrogen-bond donors (Lipinski definition) is 1. The van der Waals surface area contributed by atoms with E-state index < -0.39 is 0 Å². The maximum absolute atomic E-state index is 9.51. The molecule has 2 aromatic rings. The van der Waals surface area contributed by atoms with Gasteiger partial charge in [0.1, 0.15) is 11.6 Å². The number of aromatic nitrogens is 2. The van der Waals surface area contributed by atoms with E-state index in [-0.39, 0.29) is 6.04 Å². The second kappa shape index (κ2) is 7.19. The van der Waals surface area contributed by atoms with E-state index in [1.165, 1.54) is 4.88 Å². The molecule has 0 radical (unpaired) electrons. The molecule has 0 spiro atoms. The first-order valence-corrected chi connectivity index (χ1v) is 8.21. The van der Waals surface area contributed by atoms with Crippen molar-refractivity contribution in [1.82, 2.24) is 10.2 Å². The van der Waals surface area contributed by atoms with Crippen LogP contribution in [-0.2, 0) is 12.8 Å². The van der Waals surface area contributed by atoms with Gasteiger partial charge in [0.2, 0.25) is 0 Å². The van der Waals surface area contributed by atoms with Crippen molar-refractivity contribution in [2.75, 3.05) is 5.32 Å². The van der Waals surface area contributed by atoms with Gasteiger partial charge in [0.25, 0.3) is 0 Å². The van der Waals surface area contributed by atoms with Crippen molar-refractivity contribution in [3.8, 4) is 6.07 Å². The number of rotatable bonds is 6. The minimum Gasteiger partial charge on any atom is -0.360 e. The molecule has 4 nitrogen and oxygen atoms in total. The molecule has 1 unspecified atom stereocenters. The Labute approximate surface area is 129 Å². The molecule has 1 atom stereocenters. The van der Waals surface area contributed by atoms with E-state index >= 15 is 0 Å². The summed E-state index contributed by atoms with van der Waals surface area (Å²) in [4.78, 5) is 1.25. The van der Waals surface area contributed by atoms with Gasteiger partial charge in [-0.3, -0.25) is 0 Å². The molecular weight excluding hydrogens is 280 g/mol. The molecule has 0 aromatic carbocycles. The average Bonchev–Trinajstić information content (AvgIpc) is 3.05. The Morgan fingerprint density at radius 3 is 2.62 bits per heavy atom. The minimum absolute atomic E-state index is 0.170. The van der Waals surface area contributed by atoms with E-state index in [9.17, 15) is 5.26 Å². The van der Waals surface area contributed by atoms with Crippen LogP contribution in [0, 0.1) is 11.3 Å². The molecule has 0 saturated heterocycles. The molecule has 5 heteroatoms. The lowest BCUT2D eigenvalue weighted by atomic mass is 10.0. The summed E-state index contributed by atoms with van der Waals surface area (Å²) in [6.07, 6.45) is 2.53. The number of thiophene rings is 1. The minimum atomic E-state index is 0.170. The van der Waals surface area contributed by atoms with Crippen LogP contribution in [0.3, 0.4) is 0 Å². The van der Waals surface area contributed by atoms with Gasteiger partial charge in [-0.2, -0.15) is 10.4 Å². The predicted molar refractivity (Wildman–Crippen MR) is 86.5 cm³/mol. The van der Waals surface area contributed by atoms with Crippen LogP contribution in [0.5, 0.6) is 0 Å². The van der Waals surface area contributed by atoms with E-state index in [1.54, 1.807) is 11.3 Å². The molecule has 1 N–H and O–H groups in total. The quantitative estimate of drug-likeness (QED) is 0.872. The number of anilines is 1. The third-order valence-electron chi connectivity index (χ3n) is 3.56. The molecule has 0 fully saturated rings. The van der Waals surface area contributed by atoms with Gasteiger partial charge in [-0.25, -0.2) is 0 Å². The summed E-state index contributed by atoms with van der Waals surface area (Å²) in [6, 6.07) is 6.62. The Kier molecular flexibility index (Phi) is 5.29. The zero-order valence-electron chi connectivity index (χ0n) is 12.7. The van der Waals surface area contributed by atoms with Crippen LogP contribution in [0.4, 0.5) is 5.82 Å². The number of hydrogen-bond acceptors (Lipinski definition) is 5. The van der Waals surface area contributed by atoms with E-state index in [1.807, 2.05) is 13.0 Å². The molecular formula is C16H20N4S. The Morgan fingerprint density at radius 1 is 1.29 bits per heavy atom. The third kappa shape index (κ3) is 3.22. The number of nitrogens with zero attached hydrogens (tertiary/aromatic N) is 3. The predicted octanol–water partition coefficient (Wildman–Crippen LogP) is 4.10. The van der Waals surface area contributed by atoms with Crippen LogP contribution < -0.4 is 5.32 Å². The van der Waals surface area contributed by atoms with Crippen molar-refractivity contribution in [2.24, 2.45) is 0 Å². The van der Waals surface area contributed by atoms with E-state index in [0.29, 0.717) is 11.4 Å². The van der Waals surface area contributed by atoms with Gasteiger partial charge in [0.15, 0.2) is 5.82 Å². The fourth-order valence-corrected chi connectivity index (χ4v) is 3.28. The van der Waals surface area contributed by atoms with Crippen LogP contribution in [0.25, 0.3) is 0 Å². The summed E-state index contributed by atoms with van der Waals surface area (Å²) in [5, 5.41) is 23.5. The standard InChI is InChI=1S/C16H20N4S/c1-4-11-12(10-17)16(20-19-13(11)5-2)18-14(6-3)15-8-7-9-21-15/h7-9,14H,4-6H2,1-3H3,(H,18,20). The first-order valence-electron chi connectivity index (χ1n) is 7.33. The van der Waals surface area contributed by atoms with E-state index in [2.05, 4.69) is 46.9 Å². The lowest BCUT2D eigenvalue weighted by Gasteiger charge is -2.18. The summed E-state index contributed by atoms with van der Waals surface area (Å²) in [5.74, 6) is 0.604. The first-order chi connectivity index (χ1) is 10.2. The Morgan fingerprint density at radius 2 is 2.10 bits per heavy atom. The van der Waals surface area contributed by atoms with Gasteiger partial charge in [-0.15, -0.1) is 16.4 Å². The Bertz CT molecular complexity index is 628. The van der Waals surface area contributed by atoms with Crippen molar-refractivity contribution < 1.29 is 0 Å². The largest absolute Gasteiger partial charge is 0.360 e. The summed E-state index contributed by atoms with van der Waals surface area (Å²) in [6.45, 7) is 6.22. The summed E-state index contributed by atoms with van der Waals surface area (Å²) in [7, 11) is 0. The molecule has 2 rings (SSSR count). The molecule has 0 aliphatic rings. The SMILES string of the molecule is CCc1nnc(NC(CC)c2cccs2)c(C#N)c1CC. The topological polar surface area (TPSA) is 61.6 Å². The number of nitrogens with one attached hydrogen (secondary N) is 1. The van der Waals surface area contributed by atoms with Gasteiger partial charge in [0.05, 0.1) is 11.7 Å². The summed E-state index contributed by atoms with van der Waals surface area (Å²) in [5.41, 5.74) is 2.57. The zero-order valence-corrected chi connectivity index (χ0v) is 13.5. The Balaban J connectivity index is 2.38. The van der Waals surface area contributed by atoms with Crippen LogP contribution in [0.2, 0.25) is 0 Å². The second-order valence-electron chi connectivity index (χ2n) is 4.79. The highest BCUT2D eigenvalue weighted by Crippen LogP contribution is 2.28. The Hall–Kier alpha value is -1.93. The third-order valence-corrected chi connectivity index (χ3v) is 4.55. The highest BCUT2D eigenvalue weighted by atomic mass is 32.1. The molecule has 0 bridgehead atoms. The van der Waals surface area contributed by atoms with Crippen molar-refractivity contribution in [3.05, 3.63) is 39.2 Å². The van der Waals surface area contributed by atoms with Crippen LogP contribution in [-0.4, -0.2) is 10.2 Å². The smallest absolute Gasteiger partial charge is 0.167 e. The van der Waals surface area contributed by atoms with Gasteiger partial charge in [0, 0.05) is 4.88 Å². The lowest BCUT2D eigenvalue weighted by Crippen LogP contribution is -2.14. The van der Waals surface area contributed by atoms with Crippen LogP contribution in [0.1, 0.15) is 54.9 Å². The van der Waals surface area contributed by atoms with E-state index in [4.69, 9.17) is 0 Å². The zero-order chi connectivity index (χ0) is 15.2. The average molecular weight is 300 g/mol. The molecule has 0 amide bonds. The molecule has 0 aliphatic heterocycles.